The zero-order valence-electron chi connectivity index (χ0n) is 12.0. The Kier molecular flexibility index (Phi) is 3.63. The summed E-state index contributed by atoms with van der Waals surface area (Å²) in [5.41, 5.74) is 2.60. The van der Waals surface area contributed by atoms with E-state index in [9.17, 15) is 0 Å². The molecule has 0 saturated heterocycles. The van der Waals surface area contributed by atoms with Crippen molar-refractivity contribution in [3.8, 4) is 11.4 Å². The maximum absolute atomic E-state index is 6.26. The molecule has 0 saturated carbocycles. The van der Waals surface area contributed by atoms with E-state index in [2.05, 4.69) is 37.8 Å². The quantitative estimate of drug-likeness (QED) is 0.788. The molecule has 0 fully saturated rings. The Morgan fingerprint density at radius 1 is 1.26 bits per heavy atom. The summed E-state index contributed by atoms with van der Waals surface area (Å²) in [4.78, 5) is 9.09. The van der Waals surface area contributed by atoms with Crippen LogP contribution in [0, 0.1) is 6.92 Å². The highest BCUT2D eigenvalue weighted by Crippen LogP contribution is 2.29. The topological polar surface area (TPSA) is 43.6 Å². The fourth-order valence-electron chi connectivity index (χ4n) is 1.86. The van der Waals surface area contributed by atoms with Gasteiger partial charge < -0.3 is 0 Å². The third-order valence-corrected chi connectivity index (χ3v) is 3.38. The minimum atomic E-state index is -0.136. The zero-order valence-corrected chi connectivity index (χ0v) is 12.8. The molecule has 0 unspecified atom stereocenters. The summed E-state index contributed by atoms with van der Waals surface area (Å²) < 4.78 is 1.91. The fraction of sp³-hybridized carbons (Fsp3) is 0.500. The third kappa shape index (κ3) is 2.63. The minimum Gasteiger partial charge on any atom is -0.264 e. The van der Waals surface area contributed by atoms with Gasteiger partial charge in [-0.05, 0) is 19.9 Å². The van der Waals surface area contributed by atoms with Crippen molar-refractivity contribution in [1.82, 2.24) is 19.7 Å². The molecule has 2 heterocycles. The van der Waals surface area contributed by atoms with Crippen molar-refractivity contribution in [2.75, 3.05) is 0 Å². The minimum absolute atomic E-state index is 0.136. The van der Waals surface area contributed by atoms with Crippen LogP contribution in [-0.2, 0) is 12.0 Å². The van der Waals surface area contributed by atoms with Crippen molar-refractivity contribution in [3.05, 3.63) is 28.8 Å². The number of halogens is 1. The Morgan fingerprint density at radius 2 is 1.95 bits per heavy atom. The molecule has 2 aromatic rings. The van der Waals surface area contributed by atoms with Crippen molar-refractivity contribution < 1.29 is 0 Å². The van der Waals surface area contributed by atoms with Crippen LogP contribution in [-0.4, -0.2) is 19.7 Å². The van der Waals surface area contributed by atoms with Crippen LogP contribution in [0.25, 0.3) is 11.4 Å². The van der Waals surface area contributed by atoms with E-state index in [0.717, 1.165) is 29.3 Å². The van der Waals surface area contributed by atoms with Crippen molar-refractivity contribution in [3.63, 3.8) is 0 Å². The maximum Gasteiger partial charge on any atom is 0.136 e. The Morgan fingerprint density at radius 3 is 2.53 bits per heavy atom. The van der Waals surface area contributed by atoms with Gasteiger partial charge in [0, 0.05) is 23.7 Å². The van der Waals surface area contributed by atoms with Gasteiger partial charge in [0.15, 0.2) is 0 Å². The predicted octanol–water partition coefficient (Wildman–Crippen LogP) is 3.62. The van der Waals surface area contributed by atoms with Gasteiger partial charge in [-0.2, -0.15) is 5.10 Å². The first-order valence-electron chi connectivity index (χ1n) is 6.41. The summed E-state index contributed by atoms with van der Waals surface area (Å²) >= 11 is 6.26. The molecule has 0 aliphatic carbocycles. The molecule has 0 spiro atoms. The molecule has 2 aromatic heterocycles. The monoisotopic (exact) mass is 278 g/mol. The predicted molar refractivity (Wildman–Crippen MR) is 77.4 cm³/mol. The van der Waals surface area contributed by atoms with E-state index in [1.807, 2.05) is 17.7 Å². The van der Waals surface area contributed by atoms with Crippen LogP contribution in [0.2, 0.25) is 5.15 Å². The van der Waals surface area contributed by atoms with Gasteiger partial charge in [-0.3, -0.25) is 4.68 Å². The van der Waals surface area contributed by atoms with Crippen molar-refractivity contribution in [1.29, 1.82) is 0 Å². The van der Waals surface area contributed by atoms with E-state index in [1.165, 1.54) is 0 Å². The molecule has 0 aromatic carbocycles. The smallest absolute Gasteiger partial charge is 0.136 e. The van der Waals surface area contributed by atoms with E-state index in [0.29, 0.717) is 5.15 Å². The van der Waals surface area contributed by atoms with Gasteiger partial charge in [-0.15, -0.1) is 0 Å². The molecule has 4 nitrogen and oxygen atoms in total. The van der Waals surface area contributed by atoms with Crippen molar-refractivity contribution in [2.24, 2.45) is 0 Å². The summed E-state index contributed by atoms with van der Waals surface area (Å²) in [6, 6.07) is 1.96. The zero-order chi connectivity index (χ0) is 14.2. The van der Waals surface area contributed by atoms with Crippen LogP contribution in [0.3, 0.4) is 0 Å². The lowest BCUT2D eigenvalue weighted by Gasteiger charge is -2.19. The highest BCUT2D eigenvalue weighted by Gasteiger charge is 2.22. The van der Waals surface area contributed by atoms with Crippen LogP contribution in [0.4, 0.5) is 0 Å². The van der Waals surface area contributed by atoms with Crippen LogP contribution in [0.5, 0.6) is 0 Å². The van der Waals surface area contributed by atoms with E-state index in [1.54, 1.807) is 6.20 Å². The summed E-state index contributed by atoms with van der Waals surface area (Å²) in [5.74, 6) is 0.752. The standard InChI is InChI=1S/C14H19ClN4/c1-6-19-10(7-8-16-19)11-9(2)12(15)18-13(17-11)14(3,4)5/h7-8H,6H2,1-5H3. The molecule has 2 rings (SSSR count). The van der Waals surface area contributed by atoms with E-state index in [4.69, 9.17) is 16.6 Å². The highest BCUT2D eigenvalue weighted by molar-refractivity contribution is 6.30. The number of nitrogens with zero attached hydrogens (tertiary/aromatic N) is 4. The Bertz CT molecular complexity index is 596. The van der Waals surface area contributed by atoms with Gasteiger partial charge >= 0.3 is 0 Å². The second-order valence-electron chi connectivity index (χ2n) is 5.59. The molecule has 0 radical (unpaired) electrons. The van der Waals surface area contributed by atoms with Gasteiger partial charge in [0.25, 0.3) is 0 Å². The van der Waals surface area contributed by atoms with E-state index < -0.39 is 0 Å². The molecule has 0 bridgehead atoms. The van der Waals surface area contributed by atoms with Gasteiger partial charge in [0.05, 0.1) is 11.4 Å². The Labute approximate surface area is 118 Å². The van der Waals surface area contributed by atoms with Crippen LogP contribution < -0.4 is 0 Å². The van der Waals surface area contributed by atoms with Crippen LogP contribution in [0.15, 0.2) is 12.3 Å². The van der Waals surface area contributed by atoms with Gasteiger partial charge in [0.2, 0.25) is 0 Å². The molecule has 0 N–H and O–H groups in total. The normalized spacial score (nSPS) is 11.9. The first kappa shape index (κ1) is 14.0. The number of hydrogen-bond donors (Lipinski definition) is 0. The van der Waals surface area contributed by atoms with E-state index >= 15 is 0 Å². The summed E-state index contributed by atoms with van der Waals surface area (Å²) in [5, 5.41) is 4.80. The largest absolute Gasteiger partial charge is 0.264 e. The van der Waals surface area contributed by atoms with Gasteiger partial charge in [-0.1, -0.05) is 32.4 Å². The number of aromatic nitrogens is 4. The SMILES string of the molecule is CCn1nccc1-c1nc(C(C)(C)C)nc(Cl)c1C. The average molecular weight is 279 g/mol. The lowest BCUT2D eigenvalue weighted by atomic mass is 9.95. The molecule has 0 aliphatic rings. The highest BCUT2D eigenvalue weighted by atomic mass is 35.5. The van der Waals surface area contributed by atoms with Gasteiger partial charge in [0.1, 0.15) is 11.0 Å². The Hall–Kier alpha value is -1.42. The number of aryl methyl sites for hydroxylation is 1. The number of rotatable bonds is 2. The molecule has 102 valence electrons. The third-order valence-electron chi connectivity index (χ3n) is 3.02. The molecule has 0 amide bonds. The molecule has 0 aliphatic heterocycles. The molecular formula is C14H19ClN4. The molecular weight excluding hydrogens is 260 g/mol. The lowest BCUT2D eigenvalue weighted by Crippen LogP contribution is -2.17. The maximum atomic E-state index is 6.26. The average Bonchev–Trinajstić information content (AvgIpc) is 2.79. The van der Waals surface area contributed by atoms with Crippen molar-refractivity contribution in [2.45, 2.75) is 46.6 Å². The summed E-state index contributed by atoms with van der Waals surface area (Å²) in [6.45, 7) is 11.0. The first-order valence-corrected chi connectivity index (χ1v) is 6.79. The van der Waals surface area contributed by atoms with Crippen LogP contribution in [0.1, 0.15) is 39.1 Å². The Balaban J connectivity index is 2.66. The number of hydrogen-bond acceptors (Lipinski definition) is 3. The van der Waals surface area contributed by atoms with Gasteiger partial charge in [-0.25, -0.2) is 9.97 Å². The second kappa shape index (κ2) is 4.93. The molecule has 5 heteroatoms. The first-order chi connectivity index (χ1) is 8.84. The second-order valence-corrected chi connectivity index (χ2v) is 5.95. The molecule has 0 atom stereocenters. The summed E-state index contributed by atoms with van der Waals surface area (Å²) in [7, 11) is 0. The molecule has 19 heavy (non-hydrogen) atoms. The summed E-state index contributed by atoms with van der Waals surface area (Å²) in [6.07, 6.45) is 1.78. The van der Waals surface area contributed by atoms with E-state index in [-0.39, 0.29) is 5.41 Å². The fourth-order valence-corrected chi connectivity index (χ4v) is 2.03. The van der Waals surface area contributed by atoms with Crippen molar-refractivity contribution >= 4 is 11.6 Å². The lowest BCUT2D eigenvalue weighted by molar-refractivity contribution is 0.544. The van der Waals surface area contributed by atoms with Crippen LogP contribution >= 0.6 is 11.6 Å².